The summed E-state index contributed by atoms with van der Waals surface area (Å²) >= 11 is 5.88. The van der Waals surface area contributed by atoms with Crippen molar-refractivity contribution >= 4 is 23.5 Å². The molecule has 0 fully saturated rings. The van der Waals surface area contributed by atoms with Gasteiger partial charge in [-0.15, -0.1) is 0 Å². The van der Waals surface area contributed by atoms with Crippen LogP contribution in [0.5, 0.6) is 0 Å². The number of benzene rings is 2. The number of halogens is 1. The topological polar surface area (TPSA) is 26.1 Å². The Morgan fingerprint density at radius 1 is 1.12 bits per heavy atom. The van der Waals surface area contributed by atoms with Crippen molar-refractivity contribution in [3.63, 3.8) is 0 Å². The Morgan fingerprint density at radius 2 is 1.82 bits per heavy atom. The lowest BCUT2D eigenvalue weighted by atomic mass is 10.2. The van der Waals surface area contributed by atoms with Gasteiger partial charge in [-0.3, -0.25) is 0 Å². The summed E-state index contributed by atoms with van der Waals surface area (Å²) in [5, 5.41) is 12.6. The Kier molecular flexibility index (Phi) is 3.45. The van der Waals surface area contributed by atoms with E-state index in [0.29, 0.717) is 10.7 Å². The molecule has 0 saturated heterocycles. The average Bonchev–Trinajstić information content (AvgIpc) is 2.33. The fourth-order valence-electron chi connectivity index (χ4n) is 1.56. The molecular formula is C14H12ClNO. The number of hydrogen-bond acceptors (Lipinski definition) is 1. The molecule has 2 aromatic rings. The molecule has 0 bridgehead atoms. The fourth-order valence-corrected chi connectivity index (χ4v) is 1.73. The van der Waals surface area contributed by atoms with E-state index in [-0.39, 0.29) is 0 Å². The molecule has 0 spiro atoms. The lowest BCUT2D eigenvalue weighted by molar-refractivity contribution is -0.355. The molecule has 0 aliphatic carbocycles. The van der Waals surface area contributed by atoms with E-state index in [9.17, 15) is 5.21 Å². The minimum Gasteiger partial charge on any atom is -0.618 e. The highest BCUT2D eigenvalue weighted by molar-refractivity contribution is 6.30. The zero-order chi connectivity index (χ0) is 12.3. The van der Waals surface area contributed by atoms with Crippen LogP contribution >= 0.6 is 11.6 Å². The number of aryl methyl sites for hydroxylation is 1. The van der Waals surface area contributed by atoms with Gasteiger partial charge in [0.25, 0.3) is 0 Å². The Bertz CT molecular complexity index is 549. The summed E-state index contributed by atoms with van der Waals surface area (Å²) in [5.41, 5.74) is 2.33. The largest absolute Gasteiger partial charge is 0.618 e. The van der Waals surface area contributed by atoms with Crippen LogP contribution in [0.1, 0.15) is 11.1 Å². The Hall–Kier alpha value is -1.80. The van der Waals surface area contributed by atoms with Gasteiger partial charge >= 0.3 is 0 Å². The monoisotopic (exact) mass is 245 g/mol. The highest BCUT2D eigenvalue weighted by atomic mass is 35.5. The molecule has 2 rings (SSSR count). The van der Waals surface area contributed by atoms with Gasteiger partial charge in [-0.25, -0.2) is 0 Å². The molecule has 0 amide bonds. The molecular weight excluding hydrogens is 234 g/mol. The molecule has 0 unspecified atom stereocenters. The van der Waals surface area contributed by atoms with Crippen molar-refractivity contribution in [1.82, 2.24) is 0 Å². The Morgan fingerprint density at radius 3 is 2.53 bits per heavy atom. The normalized spacial score (nSPS) is 11.5. The smallest absolute Gasteiger partial charge is 0.220 e. The predicted octanol–water partition coefficient (Wildman–Crippen LogP) is 3.91. The first kappa shape index (κ1) is 11.7. The minimum absolute atomic E-state index is 0.563. The van der Waals surface area contributed by atoms with Gasteiger partial charge in [0.1, 0.15) is 0 Å². The second-order valence-electron chi connectivity index (χ2n) is 3.80. The maximum atomic E-state index is 12.0. The molecule has 0 aromatic heterocycles. The van der Waals surface area contributed by atoms with Crippen LogP contribution in [-0.2, 0) is 0 Å². The van der Waals surface area contributed by atoms with Gasteiger partial charge in [-0.05, 0) is 25.1 Å². The van der Waals surface area contributed by atoms with Gasteiger partial charge in [0, 0.05) is 22.2 Å². The number of rotatable bonds is 2. The van der Waals surface area contributed by atoms with Crippen LogP contribution in [0.25, 0.3) is 0 Å². The van der Waals surface area contributed by atoms with E-state index < -0.39 is 0 Å². The predicted molar refractivity (Wildman–Crippen MR) is 71.1 cm³/mol. The SMILES string of the molecule is Cc1ccc(Cl)cc1[N+]([O-])=Cc1ccccc1. The van der Waals surface area contributed by atoms with Gasteiger partial charge in [-0.1, -0.05) is 35.9 Å². The minimum atomic E-state index is 0.563. The second-order valence-corrected chi connectivity index (χ2v) is 4.23. The first-order valence-electron chi connectivity index (χ1n) is 5.29. The van der Waals surface area contributed by atoms with E-state index in [1.807, 2.05) is 43.3 Å². The van der Waals surface area contributed by atoms with Gasteiger partial charge < -0.3 is 5.21 Å². The summed E-state index contributed by atoms with van der Waals surface area (Å²) in [6.45, 7) is 1.88. The van der Waals surface area contributed by atoms with Gasteiger partial charge in [0.2, 0.25) is 5.69 Å². The second kappa shape index (κ2) is 5.02. The molecule has 0 saturated carbocycles. The van der Waals surface area contributed by atoms with Crippen molar-refractivity contribution in [2.24, 2.45) is 0 Å². The molecule has 0 heterocycles. The highest BCUT2D eigenvalue weighted by Gasteiger charge is 2.07. The molecule has 0 aliphatic rings. The van der Waals surface area contributed by atoms with Crippen LogP contribution < -0.4 is 0 Å². The molecule has 2 nitrogen and oxygen atoms in total. The summed E-state index contributed by atoms with van der Waals surface area (Å²) in [6.07, 6.45) is 1.54. The summed E-state index contributed by atoms with van der Waals surface area (Å²) in [5.74, 6) is 0. The average molecular weight is 246 g/mol. The number of hydrogen-bond donors (Lipinski definition) is 0. The van der Waals surface area contributed by atoms with Crippen LogP contribution in [-0.4, -0.2) is 11.0 Å². The standard InChI is InChI=1S/C14H12ClNO/c1-11-7-8-13(15)9-14(11)16(17)10-12-5-3-2-4-6-12/h2-10H,1H3. The molecule has 2 aromatic carbocycles. The van der Waals surface area contributed by atoms with Crippen LogP contribution in [0, 0.1) is 12.1 Å². The van der Waals surface area contributed by atoms with E-state index in [2.05, 4.69) is 0 Å². The van der Waals surface area contributed by atoms with Crippen LogP contribution in [0.15, 0.2) is 48.5 Å². The van der Waals surface area contributed by atoms with Crippen molar-refractivity contribution in [2.75, 3.05) is 0 Å². The Labute approximate surface area is 105 Å². The van der Waals surface area contributed by atoms with E-state index in [1.165, 1.54) is 0 Å². The molecule has 0 aliphatic heterocycles. The van der Waals surface area contributed by atoms with Gasteiger partial charge in [0.15, 0.2) is 6.21 Å². The molecule has 0 atom stereocenters. The summed E-state index contributed by atoms with van der Waals surface area (Å²) in [7, 11) is 0. The van der Waals surface area contributed by atoms with Crippen LogP contribution in [0.4, 0.5) is 5.69 Å². The quantitative estimate of drug-likeness (QED) is 0.341. The molecule has 3 heteroatoms. The lowest BCUT2D eigenvalue weighted by Gasteiger charge is -2.06. The van der Waals surface area contributed by atoms with E-state index in [1.54, 1.807) is 18.3 Å². The van der Waals surface area contributed by atoms with Gasteiger partial charge in [0.05, 0.1) is 0 Å². The lowest BCUT2D eigenvalue weighted by Crippen LogP contribution is -2.00. The van der Waals surface area contributed by atoms with E-state index in [4.69, 9.17) is 11.6 Å². The maximum absolute atomic E-state index is 12.0. The molecule has 0 radical (unpaired) electrons. The Balaban J connectivity index is 2.40. The third kappa shape index (κ3) is 2.86. The molecule has 17 heavy (non-hydrogen) atoms. The zero-order valence-corrected chi connectivity index (χ0v) is 10.2. The summed E-state index contributed by atoms with van der Waals surface area (Å²) < 4.78 is 0.844. The van der Waals surface area contributed by atoms with E-state index in [0.717, 1.165) is 15.9 Å². The number of nitrogens with zero attached hydrogens (tertiary/aromatic N) is 1. The van der Waals surface area contributed by atoms with Crippen molar-refractivity contribution in [3.05, 3.63) is 69.9 Å². The summed E-state index contributed by atoms with van der Waals surface area (Å²) in [4.78, 5) is 0. The van der Waals surface area contributed by atoms with Crippen molar-refractivity contribution in [1.29, 1.82) is 0 Å². The third-order valence-electron chi connectivity index (χ3n) is 2.47. The third-order valence-corrected chi connectivity index (χ3v) is 2.71. The molecule has 86 valence electrons. The van der Waals surface area contributed by atoms with Gasteiger partial charge in [-0.2, -0.15) is 4.74 Å². The first-order valence-corrected chi connectivity index (χ1v) is 5.67. The summed E-state index contributed by atoms with van der Waals surface area (Å²) in [6, 6.07) is 14.7. The zero-order valence-electron chi connectivity index (χ0n) is 9.43. The highest BCUT2D eigenvalue weighted by Crippen LogP contribution is 2.22. The fraction of sp³-hybridized carbons (Fsp3) is 0.0714. The van der Waals surface area contributed by atoms with Crippen molar-refractivity contribution < 1.29 is 4.74 Å². The van der Waals surface area contributed by atoms with Crippen LogP contribution in [0.3, 0.4) is 0 Å². The van der Waals surface area contributed by atoms with Crippen molar-refractivity contribution in [2.45, 2.75) is 6.92 Å². The first-order chi connectivity index (χ1) is 8.16. The maximum Gasteiger partial charge on any atom is 0.220 e. The van der Waals surface area contributed by atoms with Crippen molar-refractivity contribution in [3.8, 4) is 0 Å². The van der Waals surface area contributed by atoms with E-state index >= 15 is 0 Å². The molecule has 0 N–H and O–H groups in total. The van der Waals surface area contributed by atoms with Crippen LogP contribution in [0.2, 0.25) is 5.02 Å².